The smallest absolute Gasteiger partial charge is 0.394 e. The lowest BCUT2D eigenvalue weighted by Gasteiger charge is -2.12. The molecule has 0 fully saturated rings. The van der Waals surface area contributed by atoms with Crippen molar-refractivity contribution in [2.75, 3.05) is 6.61 Å². The number of imidazole rings is 1. The molecule has 0 atom stereocenters. The van der Waals surface area contributed by atoms with Crippen molar-refractivity contribution >= 4 is 11.2 Å². The molecular formula is C18H17F3N6O. The van der Waals surface area contributed by atoms with Crippen molar-refractivity contribution in [3.05, 3.63) is 53.5 Å². The Balaban J connectivity index is 1.70. The molecule has 3 aromatic heterocycles. The van der Waals surface area contributed by atoms with Gasteiger partial charge >= 0.3 is 6.18 Å². The summed E-state index contributed by atoms with van der Waals surface area (Å²) in [6.45, 7) is 2.10. The van der Waals surface area contributed by atoms with Gasteiger partial charge in [-0.15, -0.1) is 0 Å². The van der Waals surface area contributed by atoms with Crippen LogP contribution in [0, 0.1) is 6.92 Å². The predicted octanol–water partition coefficient (Wildman–Crippen LogP) is 2.99. The van der Waals surface area contributed by atoms with E-state index in [9.17, 15) is 13.2 Å². The van der Waals surface area contributed by atoms with Crippen molar-refractivity contribution in [1.29, 1.82) is 0 Å². The number of nitrogens with zero attached hydrogens (tertiary/aromatic N) is 5. The second-order valence-electron chi connectivity index (χ2n) is 6.39. The van der Waals surface area contributed by atoms with E-state index in [1.54, 1.807) is 16.9 Å². The summed E-state index contributed by atoms with van der Waals surface area (Å²) in [6, 6.07) is 5.43. The average Bonchev–Trinajstić information content (AvgIpc) is 3.30. The lowest BCUT2D eigenvalue weighted by atomic mass is 10.1. The molecule has 0 aliphatic rings. The van der Waals surface area contributed by atoms with Gasteiger partial charge in [0.05, 0.1) is 42.7 Å². The Hall–Kier alpha value is -3.14. The third-order valence-electron chi connectivity index (χ3n) is 4.46. The number of aliphatic hydroxyl groups is 1. The Morgan fingerprint density at radius 3 is 2.75 bits per heavy atom. The zero-order valence-electron chi connectivity index (χ0n) is 14.9. The van der Waals surface area contributed by atoms with E-state index in [1.807, 2.05) is 6.92 Å². The van der Waals surface area contributed by atoms with E-state index < -0.39 is 11.7 Å². The summed E-state index contributed by atoms with van der Waals surface area (Å²) in [5.41, 5.74) is 2.00. The number of aromatic amines is 1. The number of fused-ring (bicyclic) bond motifs is 1. The van der Waals surface area contributed by atoms with Gasteiger partial charge in [0, 0.05) is 6.20 Å². The van der Waals surface area contributed by atoms with Crippen LogP contribution in [-0.2, 0) is 19.3 Å². The molecule has 0 aliphatic heterocycles. The molecule has 10 heteroatoms. The molecular weight excluding hydrogens is 373 g/mol. The zero-order chi connectivity index (χ0) is 19.9. The molecule has 1 aromatic carbocycles. The SMILES string of the molecule is Cc1nn(CCO)cc1-c1nc2c(cnn2Cc2ccccc2C(F)(F)F)[nH]1. The molecule has 0 aliphatic carbocycles. The van der Waals surface area contributed by atoms with Crippen LogP contribution in [0.3, 0.4) is 0 Å². The van der Waals surface area contributed by atoms with Gasteiger partial charge < -0.3 is 10.1 Å². The van der Waals surface area contributed by atoms with Crippen molar-refractivity contribution in [3.8, 4) is 11.4 Å². The summed E-state index contributed by atoms with van der Waals surface area (Å²) >= 11 is 0. The van der Waals surface area contributed by atoms with E-state index in [0.717, 1.165) is 17.3 Å². The van der Waals surface area contributed by atoms with E-state index in [1.165, 1.54) is 23.0 Å². The van der Waals surface area contributed by atoms with Crippen molar-refractivity contribution < 1.29 is 18.3 Å². The number of rotatable bonds is 5. The van der Waals surface area contributed by atoms with Gasteiger partial charge in [-0.3, -0.25) is 4.68 Å². The summed E-state index contributed by atoms with van der Waals surface area (Å²) < 4.78 is 42.8. The molecule has 0 unspecified atom stereocenters. The van der Waals surface area contributed by atoms with Gasteiger partial charge in [0.2, 0.25) is 0 Å². The van der Waals surface area contributed by atoms with Crippen LogP contribution in [-0.4, -0.2) is 41.2 Å². The summed E-state index contributed by atoms with van der Waals surface area (Å²) in [4.78, 5) is 7.64. The molecule has 0 spiro atoms. The fraction of sp³-hybridized carbons (Fsp3) is 0.278. The topological polar surface area (TPSA) is 84.5 Å². The Labute approximate surface area is 157 Å². The molecule has 3 heterocycles. The highest BCUT2D eigenvalue weighted by Crippen LogP contribution is 2.32. The fourth-order valence-corrected chi connectivity index (χ4v) is 3.15. The highest BCUT2D eigenvalue weighted by molar-refractivity contribution is 5.76. The van der Waals surface area contributed by atoms with Crippen molar-refractivity contribution in [1.82, 2.24) is 29.5 Å². The molecule has 0 saturated heterocycles. The van der Waals surface area contributed by atoms with Crippen LogP contribution in [0.1, 0.15) is 16.8 Å². The normalized spacial score (nSPS) is 12.2. The number of hydrogen-bond donors (Lipinski definition) is 2. The number of aliphatic hydroxyl groups excluding tert-OH is 1. The number of aromatic nitrogens is 6. The summed E-state index contributed by atoms with van der Waals surface area (Å²) in [5.74, 6) is 0.548. The quantitative estimate of drug-likeness (QED) is 0.549. The van der Waals surface area contributed by atoms with Gasteiger partial charge in [0.25, 0.3) is 0 Å². The third kappa shape index (κ3) is 3.26. The first-order valence-corrected chi connectivity index (χ1v) is 8.58. The van der Waals surface area contributed by atoms with Crippen LogP contribution in [0.15, 0.2) is 36.7 Å². The van der Waals surface area contributed by atoms with Gasteiger partial charge in [0.15, 0.2) is 5.65 Å². The van der Waals surface area contributed by atoms with Crippen LogP contribution in [0.25, 0.3) is 22.6 Å². The standard InChI is InChI=1S/C18H17F3N6O/c1-11-13(10-26(25-11)6-7-28)16-23-15-8-22-27(17(15)24-16)9-12-4-2-3-5-14(12)18(19,20)21/h2-5,8,10,28H,6-7,9H2,1H3,(H,23,24). The maximum absolute atomic E-state index is 13.2. The van der Waals surface area contributed by atoms with Gasteiger partial charge in [-0.25, -0.2) is 9.67 Å². The van der Waals surface area contributed by atoms with E-state index >= 15 is 0 Å². The summed E-state index contributed by atoms with van der Waals surface area (Å²) in [7, 11) is 0. The summed E-state index contributed by atoms with van der Waals surface area (Å²) in [6.07, 6.45) is -1.13. The first kappa shape index (κ1) is 18.2. The highest BCUT2D eigenvalue weighted by Gasteiger charge is 2.33. The monoisotopic (exact) mass is 390 g/mol. The minimum Gasteiger partial charge on any atom is -0.394 e. The number of alkyl halides is 3. The number of halogens is 3. The zero-order valence-corrected chi connectivity index (χ0v) is 14.9. The number of aryl methyl sites for hydroxylation is 1. The molecule has 4 rings (SSSR count). The molecule has 2 N–H and O–H groups in total. The number of benzene rings is 1. The van der Waals surface area contributed by atoms with Crippen LogP contribution >= 0.6 is 0 Å². The van der Waals surface area contributed by atoms with Crippen molar-refractivity contribution in [3.63, 3.8) is 0 Å². The van der Waals surface area contributed by atoms with Crippen LogP contribution < -0.4 is 0 Å². The molecule has 0 radical (unpaired) electrons. The Morgan fingerprint density at radius 1 is 1.21 bits per heavy atom. The number of H-pyrrole nitrogens is 1. The van der Waals surface area contributed by atoms with Crippen LogP contribution in [0.5, 0.6) is 0 Å². The molecule has 7 nitrogen and oxygen atoms in total. The summed E-state index contributed by atoms with van der Waals surface area (Å²) in [5, 5.41) is 17.5. The first-order valence-electron chi connectivity index (χ1n) is 8.58. The fourth-order valence-electron chi connectivity index (χ4n) is 3.15. The highest BCUT2D eigenvalue weighted by atomic mass is 19.4. The molecule has 146 valence electrons. The molecule has 0 amide bonds. The first-order chi connectivity index (χ1) is 13.4. The lowest BCUT2D eigenvalue weighted by molar-refractivity contribution is -0.138. The van der Waals surface area contributed by atoms with Gasteiger partial charge in [-0.2, -0.15) is 23.4 Å². The van der Waals surface area contributed by atoms with E-state index in [4.69, 9.17) is 5.11 Å². The Kier molecular flexibility index (Phi) is 4.42. The molecule has 4 aromatic rings. The van der Waals surface area contributed by atoms with E-state index in [-0.39, 0.29) is 18.7 Å². The number of hydrogen-bond acceptors (Lipinski definition) is 4. The van der Waals surface area contributed by atoms with E-state index in [2.05, 4.69) is 20.2 Å². The van der Waals surface area contributed by atoms with Crippen molar-refractivity contribution in [2.45, 2.75) is 26.2 Å². The predicted molar refractivity (Wildman–Crippen MR) is 95.5 cm³/mol. The minimum atomic E-state index is -4.43. The van der Waals surface area contributed by atoms with Gasteiger partial charge in [-0.05, 0) is 18.6 Å². The molecule has 28 heavy (non-hydrogen) atoms. The third-order valence-corrected chi connectivity index (χ3v) is 4.46. The number of nitrogens with one attached hydrogen (secondary N) is 1. The largest absolute Gasteiger partial charge is 0.416 e. The lowest BCUT2D eigenvalue weighted by Crippen LogP contribution is -2.12. The average molecular weight is 390 g/mol. The second kappa shape index (κ2) is 6.79. The molecule has 0 saturated carbocycles. The Morgan fingerprint density at radius 2 is 2.00 bits per heavy atom. The maximum Gasteiger partial charge on any atom is 0.416 e. The van der Waals surface area contributed by atoms with Crippen LogP contribution in [0.2, 0.25) is 0 Å². The Bertz CT molecular complexity index is 1120. The second-order valence-corrected chi connectivity index (χ2v) is 6.39. The minimum absolute atomic E-state index is 0.0335. The van der Waals surface area contributed by atoms with Crippen molar-refractivity contribution in [2.24, 2.45) is 0 Å². The van der Waals surface area contributed by atoms with Gasteiger partial charge in [-0.1, -0.05) is 18.2 Å². The van der Waals surface area contributed by atoms with E-state index in [0.29, 0.717) is 23.5 Å². The maximum atomic E-state index is 13.2. The molecule has 0 bridgehead atoms. The van der Waals surface area contributed by atoms with Crippen LogP contribution in [0.4, 0.5) is 13.2 Å². The van der Waals surface area contributed by atoms with Gasteiger partial charge in [0.1, 0.15) is 11.3 Å².